The van der Waals surface area contributed by atoms with Crippen molar-refractivity contribution in [3.8, 4) is 0 Å². The van der Waals surface area contributed by atoms with Gasteiger partial charge in [0.2, 0.25) is 0 Å². The molecule has 1 aliphatic carbocycles. The van der Waals surface area contributed by atoms with Gasteiger partial charge in [0.05, 0.1) is 12.2 Å². The van der Waals surface area contributed by atoms with E-state index >= 15 is 0 Å². The molecule has 0 aromatic rings. The van der Waals surface area contributed by atoms with Crippen molar-refractivity contribution >= 4 is 0 Å². The Morgan fingerprint density at radius 3 is 2.27 bits per heavy atom. The fourth-order valence-corrected chi connectivity index (χ4v) is 1.81. The quantitative estimate of drug-likeness (QED) is 0.784. The van der Waals surface area contributed by atoms with Crippen LogP contribution in [0.5, 0.6) is 0 Å². The summed E-state index contributed by atoms with van der Waals surface area (Å²) in [5, 5.41) is 9.74. The van der Waals surface area contributed by atoms with Crippen LogP contribution in [0.3, 0.4) is 0 Å². The van der Waals surface area contributed by atoms with Gasteiger partial charge in [0.15, 0.2) is 6.10 Å². The van der Waals surface area contributed by atoms with E-state index in [-0.39, 0.29) is 5.41 Å². The second-order valence-corrected chi connectivity index (χ2v) is 4.83. The molecule has 90 valence electrons. The van der Waals surface area contributed by atoms with E-state index in [2.05, 4.69) is 0 Å². The highest BCUT2D eigenvalue weighted by atomic mass is 19.4. The van der Waals surface area contributed by atoms with Gasteiger partial charge in [-0.1, -0.05) is 13.8 Å². The lowest BCUT2D eigenvalue weighted by Crippen LogP contribution is -2.39. The van der Waals surface area contributed by atoms with Crippen LogP contribution in [0.4, 0.5) is 13.2 Å². The van der Waals surface area contributed by atoms with Crippen molar-refractivity contribution in [1.29, 1.82) is 0 Å². The fraction of sp³-hybridized carbons (Fsp3) is 1.00. The molecule has 1 rings (SSSR count). The summed E-state index contributed by atoms with van der Waals surface area (Å²) in [5.74, 6) is 0. The average Bonchev–Trinajstić information content (AvgIpc) is 2.30. The van der Waals surface area contributed by atoms with Crippen molar-refractivity contribution < 1.29 is 23.0 Å². The minimum absolute atomic E-state index is 0.351. The number of rotatable bonds is 2. The maximum Gasteiger partial charge on any atom is 0.414 e. The zero-order valence-electron chi connectivity index (χ0n) is 9.14. The summed E-state index contributed by atoms with van der Waals surface area (Å²) in [6.07, 6.45) is -6.52. The minimum Gasteiger partial charge on any atom is -0.390 e. The Morgan fingerprint density at radius 2 is 1.93 bits per heavy atom. The molecule has 0 spiro atoms. The van der Waals surface area contributed by atoms with E-state index in [1.54, 1.807) is 0 Å². The van der Waals surface area contributed by atoms with Gasteiger partial charge in [-0.25, -0.2) is 0 Å². The topological polar surface area (TPSA) is 29.5 Å². The maximum absolute atomic E-state index is 12.2. The highest BCUT2D eigenvalue weighted by Gasteiger charge is 2.46. The van der Waals surface area contributed by atoms with E-state index in [0.29, 0.717) is 12.8 Å². The summed E-state index contributed by atoms with van der Waals surface area (Å²) in [6.45, 7) is 4.64. The van der Waals surface area contributed by atoms with Crippen LogP contribution in [0.15, 0.2) is 0 Å². The molecule has 0 heterocycles. The van der Waals surface area contributed by atoms with E-state index < -0.39 is 24.5 Å². The molecule has 3 unspecified atom stereocenters. The summed E-state index contributed by atoms with van der Waals surface area (Å²) >= 11 is 0. The Balaban J connectivity index is 2.55. The standard InChI is InChI=1S/C10H17F3O2/c1-6(10(11,12)13)15-7-4-5-9(2,3)8(7)14/h6-8,14H,4-5H2,1-3H3. The summed E-state index contributed by atoms with van der Waals surface area (Å²) in [4.78, 5) is 0. The zero-order chi connectivity index (χ0) is 11.9. The monoisotopic (exact) mass is 226 g/mol. The third kappa shape index (κ3) is 2.84. The molecule has 1 N–H and O–H groups in total. The van der Waals surface area contributed by atoms with E-state index in [1.165, 1.54) is 0 Å². The third-order valence-corrected chi connectivity index (χ3v) is 3.07. The SMILES string of the molecule is CC(OC1CCC(C)(C)C1O)C(F)(F)F. The summed E-state index contributed by atoms with van der Waals surface area (Å²) in [6, 6.07) is 0. The maximum atomic E-state index is 12.2. The first-order valence-electron chi connectivity index (χ1n) is 5.05. The molecule has 2 nitrogen and oxygen atoms in total. The molecular weight excluding hydrogens is 209 g/mol. The van der Waals surface area contributed by atoms with Crippen molar-refractivity contribution in [3.05, 3.63) is 0 Å². The van der Waals surface area contributed by atoms with E-state index in [0.717, 1.165) is 6.92 Å². The average molecular weight is 226 g/mol. The largest absolute Gasteiger partial charge is 0.414 e. The lowest BCUT2D eigenvalue weighted by atomic mass is 9.89. The van der Waals surface area contributed by atoms with Crippen LogP contribution in [0.1, 0.15) is 33.6 Å². The van der Waals surface area contributed by atoms with Crippen molar-refractivity contribution in [2.24, 2.45) is 5.41 Å². The summed E-state index contributed by atoms with van der Waals surface area (Å²) < 4.78 is 41.5. The minimum atomic E-state index is -4.35. The van der Waals surface area contributed by atoms with Gasteiger partial charge in [0.1, 0.15) is 0 Å². The van der Waals surface area contributed by atoms with Gasteiger partial charge in [-0.3, -0.25) is 0 Å². The number of hydrogen-bond acceptors (Lipinski definition) is 2. The molecule has 0 saturated heterocycles. The number of halogens is 3. The lowest BCUT2D eigenvalue weighted by Gasteiger charge is -2.28. The number of aliphatic hydroxyl groups is 1. The van der Waals surface area contributed by atoms with Gasteiger partial charge in [0.25, 0.3) is 0 Å². The molecule has 0 aromatic carbocycles. The smallest absolute Gasteiger partial charge is 0.390 e. The Morgan fingerprint density at radius 1 is 1.40 bits per heavy atom. The van der Waals surface area contributed by atoms with Crippen molar-refractivity contribution in [2.45, 2.75) is 58.1 Å². The molecule has 1 aliphatic rings. The molecule has 5 heteroatoms. The molecule has 0 bridgehead atoms. The van der Waals surface area contributed by atoms with Crippen LogP contribution in [-0.2, 0) is 4.74 Å². The number of aliphatic hydroxyl groups excluding tert-OH is 1. The molecule has 0 amide bonds. The molecule has 0 radical (unpaired) electrons. The van der Waals surface area contributed by atoms with Crippen molar-refractivity contribution in [3.63, 3.8) is 0 Å². The van der Waals surface area contributed by atoms with E-state index in [4.69, 9.17) is 4.74 Å². The Kier molecular flexibility index (Phi) is 3.36. The summed E-state index contributed by atoms with van der Waals surface area (Å²) in [5.41, 5.74) is -0.351. The van der Waals surface area contributed by atoms with E-state index in [9.17, 15) is 18.3 Å². The first-order chi connectivity index (χ1) is 6.64. The van der Waals surface area contributed by atoms with Crippen LogP contribution in [-0.4, -0.2) is 29.6 Å². The van der Waals surface area contributed by atoms with Crippen molar-refractivity contribution in [1.82, 2.24) is 0 Å². The predicted octanol–water partition coefficient (Wildman–Crippen LogP) is 2.50. The molecule has 0 aromatic heterocycles. The Bertz CT molecular complexity index is 225. The molecule has 1 saturated carbocycles. The van der Waals surface area contributed by atoms with Gasteiger partial charge >= 0.3 is 6.18 Å². The second-order valence-electron chi connectivity index (χ2n) is 4.83. The first kappa shape index (κ1) is 12.8. The summed E-state index contributed by atoms with van der Waals surface area (Å²) in [7, 11) is 0. The van der Waals surface area contributed by atoms with Crippen LogP contribution >= 0.6 is 0 Å². The van der Waals surface area contributed by atoms with Gasteiger partial charge in [-0.2, -0.15) is 13.2 Å². The van der Waals surface area contributed by atoms with Crippen LogP contribution in [0, 0.1) is 5.41 Å². The Hall–Kier alpha value is -0.290. The number of alkyl halides is 3. The van der Waals surface area contributed by atoms with Crippen molar-refractivity contribution in [2.75, 3.05) is 0 Å². The predicted molar refractivity (Wildman–Crippen MR) is 49.4 cm³/mol. The highest BCUT2D eigenvalue weighted by molar-refractivity contribution is 4.92. The fourth-order valence-electron chi connectivity index (χ4n) is 1.81. The molecule has 3 atom stereocenters. The van der Waals surface area contributed by atoms with Crippen LogP contribution in [0.25, 0.3) is 0 Å². The Labute approximate surface area is 87.4 Å². The third-order valence-electron chi connectivity index (χ3n) is 3.07. The highest BCUT2D eigenvalue weighted by Crippen LogP contribution is 2.40. The lowest BCUT2D eigenvalue weighted by molar-refractivity contribution is -0.235. The molecular formula is C10H17F3O2. The second kappa shape index (κ2) is 3.94. The van der Waals surface area contributed by atoms with Gasteiger partial charge < -0.3 is 9.84 Å². The van der Waals surface area contributed by atoms with Crippen LogP contribution in [0.2, 0.25) is 0 Å². The number of hydrogen-bond donors (Lipinski definition) is 1. The van der Waals surface area contributed by atoms with Gasteiger partial charge in [-0.05, 0) is 25.2 Å². The molecule has 1 fully saturated rings. The van der Waals surface area contributed by atoms with Gasteiger partial charge in [-0.15, -0.1) is 0 Å². The van der Waals surface area contributed by atoms with Gasteiger partial charge in [0, 0.05) is 0 Å². The normalized spacial score (nSPS) is 33.0. The molecule has 0 aliphatic heterocycles. The number of ether oxygens (including phenoxy) is 1. The first-order valence-corrected chi connectivity index (χ1v) is 5.05. The molecule has 15 heavy (non-hydrogen) atoms. The van der Waals surface area contributed by atoms with E-state index in [1.807, 2.05) is 13.8 Å². The zero-order valence-corrected chi connectivity index (χ0v) is 9.14. The van der Waals surface area contributed by atoms with Crippen LogP contribution < -0.4 is 0 Å².